The van der Waals surface area contributed by atoms with Crippen molar-refractivity contribution < 1.29 is 0 Å². The van der Waals surface area contributed by atoms with Crippen molar-refractivity contribution in [3.8, 4) is 0 Å². The Morgan fingerprint density at radius 1 is 1.17 bits per heavy atom. The molecular formula is C11H23N. The van der Waals surface area contributed by atoms with Crippen LogP contribution < -0.4 is 0 Å². The molecule has 0 unspecified atom stereocenters. The average molecular weight is 169 g/mol. The summed E-state index contributed by atoms with van der Waals surface area (Å²) in [6.07, 6.45) is 2.85. The predicted molar refractivity (Wildman–Crippen MR) is 54.3 cm³/mol. The molecule has 1 fully saturated rings. The lowest BCUT2D eigenvalue weighted by molar-refractivity contribution is 0.117. The maximum Gasteiger partial charge on any atom is 0.00387 e. The first-order valence-electron chi connectivity index (χ1n) is 5.35. The van der Waals surface area contributed by atoms with Gasteiger partial charge in [0.1, 0.15) is 0 Å². The lowest BCUT2D eigenvalue weighted by Gasteiger charge is -2.37. The summed E-state index contributed by atoms with van der Waals surface area (Å²) >= 11 is 0. The Labute approximate surface area is 77.1 Å². The fraction of sp³-hybridized carbons (Fsp3) is 1.00. The van der Waals surface area contributed by atoms with E-state index in [9.17, 15) is 0 Å². The van der Waals surface area contributed by atoms with Crippen LogP contribution in [0.4, 0.5) is 0 Å². The van der Waals surface area contributed by atoms with Crippen LogP contribution in [0.15, 0.2) is 0 Å². The van der Waals surface area contributed by atoms with E-state index in [1.807, 2.05) is 0 Å². The Morgan fingerprint density at radius 2 is 1.83 bits per heavy atom. The zero-order valence-corrected chi connectivity index (χ0v) is 9.01. The molecule has 1 heteroatoms. The normalized spacial score (nSPS) is 27.0. The summed E-state index contributed by atoms with van der Waals surface area (Å²) in [4.78, 5) is 2.62. The molecule has 0 saturated carbocycles. The van der Waals surface area contributed by atoms with Gasteiger partial charge in [-0.15, -0.1) is 0 Å². The van der Waals surface area contributed by atoms with Crippen LogP contribution in [0, 0.1) is 11.8 Å². The molecule has 1 saturated heterocycles. The second-order valence-electron chi connectivity index (χ2n) is 4.74. The Hall–Kier alpha value is -0.0400. The third kappa shape index (κ3) is 2.48. The molecule has 0 aromatic rings. The van der Waals surface area contributed by atoms with E-state index in [0.717, 1.165) is 17.9 Å². The van der Waals surface area contributed by atoms with Crippen molar-refractivity contribution in [3.63, 3.8) is 0 Å². The molecule has 0 radical (unpaired) electrons. The monoisotopic (exact) mass is 169 g/mol. The minimum Gasteiger partial charge on any atom is -0.301 e. The zero-order chi connectivity index (χ0) is 9.14. The second-order valence-corrected chi connectivity index (χ2v) is 4.74. The van der Waals surface area contributed by atoms with Gasteiger partial charge in [-0.05, 0) is 45.1 Å². The first-order valence-corrected chi connectivity index (χ1v) is 5.35. The van der Waals surface area contributed by atoms with Gasteiger partial charge in [0.05, 0.1) is 0 Å². The fourth-order valence-electron chi connectivity index (χ4n) is 2.05. The summed E-state index contributed by atoms with van der Waals surface area (Å²) in [6, 6.07) is 0.742. The molecule has 1 aliphatic heterocycles. The predicted octanol–water partition coefficient (Wildman–Crippen LogP) is 2.76. The molecule has 12 heavy (non-hydrogen) atoms. The van der Waals surface area contributed by atoms with Gasteiger partial charge in [-0.2, -0.15) is 0 Å². The molecule has 0 N–H and O–H groups in total. The molecule has 72 valence electrons. The minimum atomic E-state index is 0.742. The van der Waals surface area contributed by atoms with E-state index in [1.54, 1.807) is 0 Å². The zero-order valence-electron chi connectivity index (χ0n) is 9.01. The van der Waals surface area contributed by atoms with Gasteiger partial charge in [-0.25, -0.2) is 0 Å². The van der Waals surface area contributed by atoms with Gasteiger partial charge >= 0.3 is 0 Å². The van der Waals surface area contributed by atoms with E-state index in [0.29, 0.717) is 0 Å². The van der Waals surface area contributed by atoms with Crippen LogP contribution in [0.25, 0.3) is 0 Å². The molecule has 0 aromatic carbocycles. The molecule has 0 amide bonds. The largest absolute Gasteiger partial charge is 0.301 e. The van der Waals surface area contributed by atoms with Crippen LogP contribution in [0.2, 0.25) is 0 Å². The second kappa shape index (κ2) is 4.27. The first-order chi connectivity index (χ1) is 5.61. The van der Waals surface area contributed by atoms with E-state index in [4.69, 9.17) is 0 Å². The summed E-state index contributed by atoms with van der Waals surface area (Å²) in [6.45, 7) is 12.0. The van der Waals surface area contributed by atoms with E-state index >= 15 is 0 Å². The molecule has 1 nitrogen and oxygen atoms in total. The van der Waals surface area contributed by atoms with Gasteiger partial charge in [-0.1, -0.05) is 13.8 Å². The SMILES string of the molecule is CC(C)[C@H]1CCCN(C(C)C)C1. The van der Waals surface area contributed by atoms with Gasteiger partial charge in [0, 0.05) is 12.6 Å². The highest BCUT2D eigenvalue weighted by molar-refractivity contribution is 4.76. The van der Waals surface area contributed by atoms with Crippen molar-refractivity contribution in [2.75, 3.05) is 13.1 Å². The first kappa shape index (κ1) is 10.0. The number of piperidine rings is 1. The Bertz CT molecular complexity index is 115. The lowest BCUT2D eigenvalue weighted by atomic mass is 9.87. The van der Waals surface area contributed by atoms with E-state index in [1.165, 1.54) is 25.9 Å². The van der Waals surface area contributed by atoms with Gasteiger partial charge < -0.3 is 4.90 Å². The number of hydrogen-bond donors (Lipinski definition) is 0. The molecule has 1 aliphatic rings. The van der Waals surface area contributed by atoms with Gasteiger partial charge in [0.2, 0.25) is 0 Å². The molecule has 0 bridgehead atoms. The number of nitrogens with zero attached hydrogens (tertiary/aromatic N) is 1. The molecule has 1 rings (SSSR count). The summed E-state index contributed by atoms with van der Waals surface area (Å²) in [5, 5.41) is 0. The Balaban J connectivity index is 2.40. The smallest absolute Gasteiger partial charge is 0.00387 e. The van der Waals surface area contributed by atoms with Crippen LogP contribution in [0.5, 0.6) is 0 Å². The fourth-order valence-corrected chi connectivity index (χ4v) is 2.05. The van der Waals surface area contributed by atoms with Crippen molar-refractivity contribution in [2.45, 2.75) is 46.6 Å². The number of rotatable bonds is 2. The highest BCUT2D eigenvalue weighted by Crippen LogP contribution is 2.24. The summed E-state index contributed by atoms with van der Waals surface area (Å²) in [5.41, 5.74) is 0. The maximum atomic E-state index is 2.62. The third-order valence-corrected chi connectivity index (χ3v) is 3.16. The summed E-state index contributed by atoms with van der Waals surface area (Å²) in [5.74, 6) is 1.81. The van der Waals surface area contributed by atoms with Crippen molar-refractivity contribution in [1.29, 1.82) is 0 Å². The number of likely N-dealkylation sites (tertiary alicyclic amines) is 1. The van der Waals surface area contributed by atoms with Crippen molar-refractivity contribution in [2.24, 2.45) is 11.8 Å². The average Bonchev–Trinajstić information content (AvgIpc) is 2.04. The highest BCUT2D eigenvalue weighted by Gasteiger charge is 2.23. The maximum absolute atomic E-state index is 2.62. The van der Waals surface area contributed by atoms with Crippen LogP contribution in [-0.2, 0) is 0 Å². The Morgan fingerprint density at radius 3 is 2.33 bits per heavy atom. The van der Waals surface area contributed by atoms with E-state index in [2.05, 4.69) is 32.6 Å². The van der Waals surface area contributed by atoms with Crippen LogP contribution in [0.3, 0.4) is 0 Å². The van der Waals surface area contributed by atoms with Crippen molar-refractivity contribution in [1.82, 2.24) is 4.90 Å². The van der Waals surface area contributed by atoms with Crippen molar-refractivity contribution >= 4 is 0 Å². The molecule has 0 spiro atoms. The minimum absolute atomic E-state index is 0.742. The van der Waals surface area contributed by atoms with E-state index in [-0.39, 0.29) is 0 Å². The standard InChI is InChI=1S/C11H23N/c1-9(2)11-6-5-7-12(8-11)10(3)4/h9-11H,5-8H2,1-4H3/t11-/m0/s1. The van der Waals surface area contributed by atoms with Crippen molar-refractivity contribution in [3.05, 3.63) is 0 Å². The van der Waals surface area contributed by atoms with Crippen LogP contribution in [-0.4, -0.2) is 24.0 Å². The lowest BCUT2D eigenvalue weighted by Crippen LogP contribution is -2.41. The number of hydrogen-bond acceptors (Lipinski definition) is 1. The third-order valence-electron chi connectivity index (χ3n) is 3.16. The molecular weight excluding hydrogens is 146 g/mol. The molecule has 0 aliphatic carbocycles. The molecule has 1 heterocycles. The van der Waals surface area contributed by atoms with E-state index < -0.39 is 0 Å². The van der Waals surface area contributed by atoms with Gasteiger partial charge in [0.15, 0.2) is 0 Å². The molecule has 1 atom stereocenters. The molecule has 0 aromatic heterocycles. The van der Waals surface area contributed by atoms with Crippen LogP contribution >= 0.6 is 0 Å². The van der Waals surface area contributed by atoms with Crippen LogP contribution in [0.1, 0.15) is 40.5 Å². The topological polar surface area (TPSA) is 3.24 Å². The Kier molecular flexibility index (Phi) is 3.57. The highest BCUT2D eigenvalue weighted by atomic mass is 15.2. The summed E-state index contributed by atoms with van der Waals surface area (Å²) in [7, 11) is 0. The van der Waals surface area contributed by atoms with Gasteiger partial charge in [0.25, 0.3) is 0 Å². The quantitative estimate of drug-likeness (QED) is 0.614. The summed E-state index contributed by atoms with van der Waals surface area (Å²) < 4.78 is 0. The van der Waals surface area contributed by atoms with Gasteiger partial charge in [-0.3, -0.25) is 0 Å².